The number of rotatable bonds is 5. The monoisotopic (exact) mass is 448 g/mol. The summed E-state index contributed by atoms with van der Waals surface area (Å²) in [6.07, 6.45) is 6.40. The van der Waals surface area contributed by atoms with Crippen LogP contribution in [0.3, 0.4) is 0 Å². The highest BCUT2D eigenvalue weighted by molar-refractivity contribution is 5.84. The maximum atomic E-state index is 13.4. The molecule has 1 amide bonds. The zero-order chi connectivity index (χ0) is 23.1. The van der Waals surface area contributed by atoms with Crippen LogP contribution in [0, 0.1) is 17.8 Å². The molecule has 1 N–H and O–H groups in total. The average molecular weight is 449 g/mol. The molecule has 1 aliphatic carbocycles. The third-order valence-electron chi connectivity index (χ3n) is 7.51. The van der Waals surface area contributed by atoms with Gasteiger partial charge in [-0.2, -0.15) is 0 Å². The first-order valence-electron chi connectivity index (χ1n) is 11.5. The molecule has 172 valence electrons. The van der Waals surface area contributed by atoms with Crippen molar-refractivity contribution in [3.63, 3.8) is 0 Å². The lowest BCUT2D eigenvalue weighted by Gasteiger charge is -2.41. The Morgan fingerprint density at radius 2 is 1.88 bits per heavy atom. The molecule has 33 heavy (non-hydrogen) atoms. The quantitative estimate of drug-likeness (QED) is 0.710. The largest absolute Gasteiger partial charge is 0.469 e. The number of nitrogens with zero attached hydrogens (tertiary/aromatic N) is 2. The van der Waals surface area contributed by atoms with Crippen molar-refractivity contribution < 1.29 is 19.4 Å². The number of hydrogen-bond donors (Lipinski definition) is 1. The second-order valence-electron chi connectivity index (χ2n) is 9.15. The number of amides is 1. The van der Waals surface area contributed by atoms with E-state index in [0.29, 0.717) is 11.3 Å². The molecule has 0 radical (unpaired) electrons. The highest BCUT2D eigenvalue weighted by Crippen LogP contribution is 2.50. The van der Waals surface area contributed by atoms with E-state index in [9.17, 15) is 19.5 Å². The van der Waals surface area contributed by atoms with Crippen LogP contribution in [0.4, 0.5) is 0 Å². The molecule has 2 aliphatic heterocycles. The Kier molecular flexibility index (Phi) is 5.66. The highest BCUT2D eigenvalue weighted by Gasteiger charge is 2.58. The van der Waals surface area contributed by atoms with Crippen LogP contribution in [0.5, 0.6) is 0 Å². The summed E-state index contributed by atoms with van der Waals surface area (Å²) in [6, 6.07) is 12.3. The number of ether oxygens (including phenoxy) is 1. The molecular formula is C26H28N2O5. The second kappa shape index (κ2) is 8.63. The van der Waals surface area contributed by atoms with Crippen molar-refractivity contribution in [3.05, 3.63) is 69.6 Å². The average Bonchev–Trinajstić information content (AvgIpc) is 3.04. The number of aliphatic hydroxyl groups is 1. The first-order chi connectivity index (χ1) is 16.0. The van der Waals surface area contributed by atoms with E-state index in [1.807, 2.05) is 42.5 Å². The van der Waals surface area contributed by atoms with Gasteiger partial charge < -0.3 is 19.3 Å². The minimum absolute atomic E-state index is 0.0212. The smallest absolute Gasteiger partial charge is 0.311 e. The van der Waals surface area contributed by atoms with Gasteiger partial charge in [-0.15, -0.1) is 0 Å². The summed E-state index contributed by atoms with van der Waals surface area (Å²) in [5.41, 5.74) is 2.00. The fourth-order valence-electron chi connectivity index (χ4n) is 5.57. The van der Waals surface area contributed by atoms with Gasteiger partial charge in [0.15, 0.2) is 0 Å². The van der Waals surface area contributed by atoms with E-state index in [-0.39, 0.29) is 30.5 Å². The van der Waals surface area contributed by atoms with Crippen LogP contribution < -0.4 is 5.56 Å². The van der Waals surface area contributed by atoms with Crippen LogP contribution in [-0.2, 0) is 20.9 Å². The summed E-state index contributed by atoms with van der Waals surface area (Å²) in [5.74, 6) is -1.66. The highest BCUT2D eigenvalue weighted by atomic mass is 16.5. The summed E-state index contributed by atoms with van der Waals surface area (Å²) < 4.78 is 6.75. The molecule has 5 rings (SSSR count). The van der Waals surface area contributed by atoms with Gasteiger partial charge in [-0.25, -0.2) is 0 Å². The maximum Gasteiger partial charge on any atom is 0.311 e. The standard InChI is InChI=1S/C26H28N2O5/c1-33-26(32)22-19(15-29)21-14-27-20(23(22)28(21)25(31)17-8-5-9-17)13-12-18(24(27)30)11-10-16-6-3-2-4-7-16/h2-4,6-7,10-13,17,19,21-23,29H,5,8-9,14-15H2,1H3/b11-10+/t19-,21-,22+,23+/m0/s1. The van der Waals surface area contributed by atoms with Crippen LogP contribution in [-0.4, -0.2) is 46.2 Å². The second-order valence-corrected chi connectivity index (χ2v) is 9.15. The predicted octanol–water partition coefficient (Wildman–Crippen LogP) is 2.48. The van der Waals surface area contributed by atoms with Gasteiger partial charge >= 0.3 is 5.97 Å². The fourth-order valence-corrected chi connectivity index (χ4v) is 5.57. The molecule has 1 saturated heterocycles. The summed E-state index contributed by atoms with van der Waals surface area (Å²) in [7, 11) is 1.32. The molecule has 1 saturated carbocycles. The Morgan fingerprint density at radius 1 is 1.12 bits per heavy atom. The summed E-state index contributed by atoms with van der Waals surface area (Å²) in [6.45, 7) is 0.00769. The van der Waals surface area contributed by atoms with Crippen molar-refractivity contribution >= 4 is 24.0 Å². The van der Waals surface area contributed by atoms with E-state index >= 15 is 0 Å². The van der Waals surface area contributed by atoms with E-state index in [0.717, 1.165) is 24.8 Å². The number of pyridine rings is 1. The Hall–Kier alpha value is -3.19. The number of esters is 1. The van der Waals surface area contributed by atoms with Gasteiger partial charge in [0.1, 0.15) is 0 Å². The summed E-state index contributed by atoms with van der Waals surface area (Å²) >= 11 is 0. The summed E-state index contributed by atoms with van der Waals surface area (Å²) in [4.78, 5) is 41.4. The topological polar surface area (TPSA) is 88.8 Å². The fraction of sp³-hybridized carbons (Fsp3) is 0.423. The lowest BCUT2D eigenvalue weighted by molar-refractivity contribution is -0.149. The van der Waals surface area contributed by atoms with Crippen molar-refractivity contribution in [1.82, 2.24) is 9.47 Å². The number of hydrogen-bond acceptors (Lipinski definition) is 5. The van der Waals surface area contributed by atoms with E-state index < -0.39 is 29.9 Å². The SMILES string of the molecule is COC(=O)[C@@H]1[C@@H](CO)[C@@H]2Cn3c(ccc(/C=C/c4ccccc4)c3=O)[C@H]1N2C(=O)C1CCC1. The van der Waals surface area contributed by atoms with Crippen molar-refractivity contribution in [3.8, 4) is 0 Å². The van der Waals surface area contributed by atoms with Crippen LogP contribution in [0.15, 0.2) is 47.3 Å². The number of carbonyl (C=O) groups is 2. The Morgan fingerprint density at radius 3 is 2.52 bits per heavy atom. The van der Waals surface area contributed by atoms with E-state index in [1.165, 1.54) is 7.11 Å². The lowest BCUT2D eigenvalue weighted by atomic mass is 9.83. The van der Waals surface area contributed by atoms with Crippen molar-refractivity contribution in [2.24, 2.45) is 17.8 Å². The number of aliphatic hydroxyl groups excluding tert-OH is 1. The predicted molar refractivity (Wildman–Crippen MR) is 123 cm³/mol. The van der Waals surface area contributed by atoms with E-state index in [2.05, 4.69) is 0 Å². The molecule has 3 heterocycles. The van der Waals surface area contributed by atoms with Gasteiger partial charge in [0, 0.05) is 36.2 Å². The lowest BCUT2D eigenvalue weighted by Crippen LogP contribution is -2.51. The molecule has 2 aromatic rings. The zero-order valence-electron chi connectivity index (χ0n) is 18.6. The molecule has 1 aromatic carbocycles. The van der Waals surface area contributed by atoms with Crippen LogP contribution in [0.1, 0.15) is 42.1 Å². The summed E-state index contributed by atoms with van der Waals surface area (Å²) in [5, 5.41) is 10.2. The van der Waals surface area contributed by atoms with Gasteiger partial charge in [-0.1, -0.05) is 42.8 Å². The van der Waals surface area contributed by atoms with Crippen LogP contribution >= 0.6 is 0 Å². The molecule has 0 spiro atoms. The van der Waals surface area contributed by atoms with Crippen molar-refractivity contribution in [1.29, 1.82) is 0 Å². The minimum atomic E-state index is -0.701. The van der Waals surface area contributed by atoms with E-state index in [4.69, 9.17) is 4.74 Å². The van der Waals surface area contributed by atoms with Gasteiger partial charge in [0.05, 0.1) is 25.1 Å². The molecule has 2 bridgehead atoms. The van der Waals surface area contributed by atoms with Crippen molar-refractivity contribution in [2.45, 2.75) is 37.9 Å². The molecule has 0 unspecified atom stereocenters. The molecule has 7 nitrogen and oxygen atoms in total. The number of aromatic nitrogens is 1. The first kappa shape index (κ1) is 21.6. The number of fused-ring (bicyclic) bond motifs is 4. The molecule has 2 fully saturated rings. The minimum Gasteiger partial charge on any atom is -0.469 e. The molecule has 1 aromatic heterocycles. The van der Waals surface area contributed by atoms with Crippen LogP contribution in [0.2, 0.25) is 0 Å². The van der Waals surface area contributed by atoms with Gasteiger partial charge in [0.25, 0.3) is 5.56 Å². The molecular weight excluding hydrogens is 420 g/mol. The third kappa shape index (κ3) is 3.51. The number of methoxy groups -OCH3 is 1. The Balaban J connectivity index is 1.57. The first-order valence-corrected chi connectivity index (χ1v) is 11.5. The van der Waals surface area contributed by atoms with Gasteiger partial charge in [0.2, 0.25) is 5.91 Å². The molecule has 7 heteroatoms. The Labute approximate surface area is 192 Å². The molecule has 3 aliphatic rings. The van der Waals surface area contributed by atoms with Crippen molar-refractivity contribution in [2.75, 3.05) is 13.7 Å². The van der Waals surface area contributed by atoms with Crippen LogP contribution in [0.25, 0.3) is 12.2 Å². The number of carbonyl (C=O) groups excluding carboxylic acids is 2. The number of benzene rings is 1. The normalized spacial score (nSPS) is 26.2. The van der Waals surface area contributed by atoms with Gasteiger partial charge in [-0.05, 0) is 36.6 Å². The third-order valence-corrected chi connectivity index (χ3v) is 7.51. The molecule has 4 atom stereocenters. The Bertz CT molecular complexity index is 1150. The maximum absolute atomic E-state index is 13.4. The zero-order valence-corrected chi connectivity index (χ0v) is 18.6. The van der Waals surface area contributed by atoms with Gasteiger partial charge in [-0.3, -0.25) is 14.4 Å². The van der Waals surface area contributed by atoms with E-state index in [1.54, 1.807) is 21.6 Å².